The van der Waals surface area contributed by atoms with Crippen LogP contribution in [0, 0.1) is 5.92 Å². The monoisotopic (exact) mass is 350 g/mol. The van der Waals surface area contributed by atoms with E-state index in [0.29, 0.717) is 0 Å². The van der Waals surface area contributed by atoms with Gasteiger partial charge in [0.2, 0.25) is 10.9 Å². The van der Waals surface area contributed by atoms with E-state index in [1.807, 2.05) is 9.79 Å². The van der Waals surface area contributed by atoms with Gasteiger partial charge in [0, 0.05) is 26.6 Å². The highest BCUT2D eigenvalue weighted by Crippen LogP contribution is 2.22. The van der Waals surface area contributed by atoms with Crippen LogP contribution in [0.3, 0.4) is 0 Å². The number of nitrogens with zero attached hydrogens (tertiary/aromatic N) is 3. The lowest BCUT2D eigenvalue weighted by molar-refractivity contribution is -0.149. The van der Waals surface area contributed by atoms with Gasteiger partial charge in [-0.3, -0.25) is 4.79 Å². The van der Waals surface area contributed by atoms with Crippen molar-refractivity contribution in [2.75, 3.05) is 20.2 Å². The minimum Gasteiger partial charge on any atom is -0.324 e. The van der Waals surface area contributed by atoms with Crippen molar-refractivity contribution in [3.63, 3.8) is 0 Å². The molecule has 0 radical (unpaired) electrons. The summed E-state index contributed by atoms with van der Waals surface area (Å²) in [6.07, 6.45) is 3.00. The van der Waals surface area contributed by atoms with Crippen LogP contribution in [0.15, 0.2) is 11.4 Å². The Labute approximate surface area is 134 Å². The van der Waals surface area contributed by atoms with Crippen molar-refractivity contribution in [2.24, 2.45) is 13.0 Å². The molecule has 0 bridgehead atoms. The molecule has 0 aliphatic carbocycles. The fourth-order valence-corrected chi connectivity index (χ4v) is 3.80. The van der Waals surface area contributed by atoms with Gasteiger partial charge in [-0.1, -0.05) is 11.6 Å². The Bertz CT molecular complexity index is 638. The number of aromatic nitrogens is 2. The van der Waals surface area contributed by atoms with Crippen LogP contribution in [0.25, 0.3) is 0 Å². The van der Waals surface area contributed by atoms with Gasteiger partial charge in [-0.15, -0.1) is 0 Å². The lowest BCUT2D eigenvalue weighted by Crippen LogP contribution is -2.36. The van der Waals surface area contributed by atoms with Crippen molar-refractivity contribution in [3.05, 3.63) is 11.5 Å². The number of hydrogen-bond donors (Lipinski definition) is 1. The zero-order chi connectivity index (χ0) is 16.3. The number of piperidine rings is 1. The molecule has 1 N–H and O–H groups in total. The second-order valence-corrected chi connectivity index (χ2v) is 7.19. The number of sulfonamides is 1. The highest BCUT2D eigenvalue weighted by molar-refractivity contribution is 7.90. The number of aryl methyl sites for hydroxylation is 1. The molecular formula is C12H19ClN4O4S. The summed E-state index contributed by atoms with van der Waals surface area (Å²) < 4.78 is 27.6. The second-order valence-electron chi connectivity index (χ2n) is 5.24. The van der Waals surface area contributed by atoms with Crippen LogP contribution >= 0.6 is 11.6 Å². The highest BCUT2D eigenvalue weighted by Gasteiger charge is 2.27. The van der Waals surface area contributed by atoms with E-state index < -0.39 is 15.9 Å². The average Bonchev–Trinajstić information content (AvgIpc) is 2.80. The van der Waals surface area contributed by atoms with Crippen molar-refractivity contribution >= 4 is 27.5 Å². The summed E-state index contributed by atoms with van der Waals surface area (Å²) in [6, 6.07) is 0. The zero-order valence-corrected chi connectivity index (χ0v) is 14.0. The quantitative estimate of drug-likeness (QED) is 0.833. The molecule has 1 saturated heterocycles. The van der Waals surface area contributed by atoms with E-state index in [9.17, 15) is 13.2 Å². The van der Waals surface area contributed by atoms with Crippen molar-refractivity contribution in [3.8, 4) is 0 Å². The van der Waals surface area contributed by atoms with Crippen molar-refractivity contribution in [1.29, 1.82) is 0 Å². The zero-order valence-electron chi connectivity index (χ0n) is 12.5. The fraction of sp³-hybridized carbons (Fsp3) is 0.667. The van der Waals surface area contributed by atoms with Crippen molar-refractivity contribution in [2.45, 2.75) is 24.3 Å². The van der Waals surface area contributed by atoms with Crippen LogP contribution in [0.4, 0.5) is 0 Å². The van der Waals surface area contributed by atoms with E-state index >= 15 is 0 Å². The SMILES string of the molecule is CON1CCC(CC(=O)NS(=O)(=O)c2ncn(C)c2Cl)CC1. The molecule has 1 aromatic heterocycles. The second kappa shape index (κ2) is 6.95. The predicted octanol–water partition coefficient (Wildman–Crippen LogP) is 0.542. The molecule has 0 aromatic carbocycles. The summed E-state index contributed by atoms with van der Waals surface area (Å²) in [6.45, 7) is 1.46. The van der Waals surface area contributed by atoms with Crippen LogP contribution in [0.1, 0.15) is 19.3 Å². The normalized spacial score (nSPS) is 17.6. The van der Waals surface area contributed by atoms with Crippen molar-refractivity contribution in [1.82, 2.24) is 19.3 Å². The molecule has 2 heterocycles. The highest BCUT2D eigenvalue weighted by atomic mass is 35.5. The Hall–Kier alpha value is -1.16. The van der Waals surface area contributed by atoms with Gasteiger partial charge in [-0.2, -0.15) is 13.5 Å². The molecule has 1 aliphatic heterocycles. The number of carbonyl (C=O) groups excluding carboxylic acids is 1. The van der Waals surface area contributed by atoms with Gasteiger partial charge < -0.3 is 9.40 Å². The molecule has 0 unspecified atom stereocenters. The molecule has 1 aliphatic rings. The van der Waals surface area contributed by atoms with Crippen LogP contribution in [-0.4, -0.2) is 49.1 Å². The van der Waals surface area contributed by atoms with Crippen LogP contribution < -0.4 is 4.72 Å². The average molecular weight is 351 g/mol. The molecule has 1 aromatic rings. The van der Waals surface area contributed by atoms with Gasteiger partial charge in [-0.05, 0) is 18.8 Å². The molecule has 0 saturated carbocycles. The van der Waals surface area contributed by atoms with E-state index in [1.165, 1.54) is 10.9 Å². The van der Waals surface area contributed by atoms with Gasteiger partial charge in [0.05, 0.1) is 13.4 Å². The van der Waals surface area contributed by atoms with Gasteiger partial charge in [-0.25, -0.2) is 9.71 Å². The topological polar surface area (TPSA) is 93.5 Å². The molecular weight excluding hydrogens is 332 g/mol. The fourth-order valence-electron chi connectivity index (χ4n) is 2.37. The molecule has 1 amide bonds. The Balaban J connectivity index is 1.93. The van der Waals surface area contributed by atoms with Gasteiger partial charge >= 0.3 is 0 Å². The largest absolute Gasteiger partial charge is 0.324 e. The molecule has 2 rings (SSSR count). The Morgan fingerprint density at radius 1 is 1.50 bits per heavy atom. The van der Waals surface area contributed by atoms with Crippen LogP contribution in [0.2, 0.25) is 5.15 Å². The standard InChI is InChI=1S/C12H19ClN4O4S/c1-16-8-14-12(11(16)13)22(19,20)15-10(18)7-9-3-5-17(21-2)6-4-9/h8-9H,3-7H2,1-2H3,(H,15,18). The summed E-state index contributed by atoms with van der Waals surface area (Å²) in [5.41, 5.74) is 0. The number of carbonyl (C=O) groups is 1. The number of nitrogens with one attached hydrogen (secondary N) is 1. The van der Waals surface area contributed by atoms with Gasteiger partial charge in [0.15, 0.2) is 0 Å². The third-order valence-electron chi connectivity index (χ3n) is 3.64. The lowest BCUT2D eigenvalue weighted by Gasteiger charge is -2.29. The number of hydroxylamine groups is 2. The molecule has 22 heavy (non-hydrogen) atoms. The minimum absolute atomic E-state index is 0.0336. The number of halogens is 1. The molecule has 0 spiro atoms. The first kappa shape index (κ1) is 17.2. The van der Waals surface area contributed by atoms with Crippen LogP contribution in [0.5, 0.6) is 0 Å². The smallest absolute Gasteiger partial charge is 0.284 e. The summed E-state index contributed by atoms with van der Waals surface area (Å²) in [4.78, 5) is 20.8. The van der Waals surface area contributed by atoms with E-state index in [1.54, 1.807) is 14.2 Å². The number of hydrogen-bond acceptors (Lipinski definition) is 6. The summed E-state index contributed by atoms with van der Waals surface area (Å²) in [5, 5.41) is 1.45. The maximum absolute atomic E-state index is 12.1. The first-order chi connectivity index (χ1) is 10.3. The number of amides is 1. The lowest BCUT2D eigenvalue weighted by atomic mass is 9.94. The predicted molar refractivity (Wildman–Crippen MR) is 79.5 cm³/mol. The maximum Gasteiger partial charge on any atom is 0.284 e. The van der Waals surface area contributed by atoms with Gasteiger partial charge in [0.25, 0.3) is 10.0 Å². The first-order valence-electron chi connectivity index (χ1n) is 6.85. The Morgan fingerprint density at radius 2 is 2.14 bits per heavy atom. The molecule has 124 valence electrons. The van der Waals surface area contributed by atoms with E-state index in [-0.39, 0.29) is 22.5 Å². The van der Waals surface area contributed by atoms with E-state index in [2.05, 4.69) is 4.98 Å². The number of rotatable bonds is 5. The van der Waals surface area contributed by atoms with Gasteiger partial charge in [0.1, 0.15) is 5.15 Å². The minimum atomic E-state index is -4.03. The third-order valence-corrected chi connectivity index (χ3v) is 5.50. The van der Waals surface area contributed by atoms with Crippen molar-refractivity contribution < 1.29 is 18.0 Å². The molecule has 8 nitrogen and oxygen atoms in total. The van der Waals surface area contributed by atoms with Crippen LogP contribution in [-0.2, 0) is 26.7 Å². The summed E-state index contributed by atoms with van der Waals surface area (Å²) >= 11 is 5.85. The number of imidazole rings is 1. The van der Waals surface area contributed by atoms with E-state index in [4.69, 9.17) is 16.4 Å². The molecule has 1 fully saturated rings. The Kier molecular flexibility index (Phi) is 5.43. The maximum atomic E-state index is 12.1. The third kappa shape index (κ3) is 3.97. The summed E-state index contributed by atoms with van der Waals surface area (Å²) in [7, 11) is -0.858. The molecule has 0 atom stereocenters. The Morgan fingerprint density at radius 3 is 2.64 bits per heavy atom. The first-order valence-corrected chi connectivity index (χ1v) is 8.71. The summed E-state index contributed by atoms with van der Waals surface area (Å²) in [5.74, 6) is -0.404. The molecule has 10 heteroatoms. The van der Waals surface area contributed by atoms with E-state index in [0.717, 1.165) is 25.9 Å².